The van der Waals surface area contributed by atoms with Crippen LogP contribution in [0.3, 0.4) is 0 Å². The Balaban J connectivity index is 1.39. The topological polar surface area (TPSA) is 91.0 Å². The summed E-state index contributed by atoms with van der Waals surface area (Å²) >= 11 is 0. The second kappa shape index (κ2) is 9.38. The number of hydrogen-bond donors (Lipinski definition) is 2. The summed E-state index contributed by atoms with van der Waals surface area (Å²) in [5.41, 5.74) is 10.2. The number of rotatable bonds is 5. The van der Waals surface area contributed by atoms with Gasteiger partial charge in [-0.15, -0.1) is 0 Å². The number of benzene rings is 2. The first kappa shape index (κ1) is 20.5. The molecular formula is C24H26N4O3. The first-order valence-electron chi connectivity index (χ1n) is 10.2. The van der Waals surface area contributed by atoms with Gasteiger partial charge < -0.3 is 25.3 Å². The molecule has 0 fully saturated rings. The highest BCUT2D eigenvalue weighted by Gasteiger charge is 2.11. The van der Waals surface area contributed by atoms with Crippen LogP contribution in [0.25, 0.3) is 0 Å². The van der Waals surface area contributed by atoms with Crippen LogP contribution in [0.1, 0.15) is 23.1 Å². The van der Waals surface area contributed by atoms with E-state index in [9.17, 15) is 0 Å². The van der Waals surface area contributed by atoms with Gasteiger partial charge >= 0.3 is 0 Å². The number of hydrogen-bond acceptors (Lipinski definition) is 5. The minimum Gasteiger partial charge on any atom is -0.490 e. The molecule has 1 aliphatic heterocycles. The Morgan fingerprint density at radius 3 is 2.71 bits per heavy atom. The fourth-order valence-corrected chi connectivity index (χ4v) is 3.11. The number of fused-ring (bicyclic) bond motifs is 1. The Hall–Kier alpha value is -3.74. The van der Waals surface area contributed by atoms with Crippen LogP contribution in [0, 0.1) is 13.8 Å². The number of aryl methyl sites for hydroxylation is 2. The van der Waals surface area contributed by atoms with E-state index in [-0.39, 0.29) is 0 Å². The van der Waals surface area contributed by atoms with Crippen LogP contribution in [-0.4, -0.2) is 24.2 Å². The largest absolute Gasteiger partial charge is 0.490 e. The predicted octanol–water partition coefficient (Wildman–Crippen LogP) is 4.58. The maximum atomic E-state index is 6.07. The van der Waals surface area contributed by atoms with Crippen LogP contribution >= 0.6 is 0 Å². The molecule has 2 heterocycles. The van der Waals surface area contributed by atoms with Gasteiger partial charge in [0, 0.05) is 30.4 Å². The zero-order chi connectivity index (χ0) is 21.6. The molecule has 7 heteroatoms. The summed E-state index contributed by atoms with van der Waals surface area (Å²) in [7, 11) is 0. The molecule has 0 saturated heterocycles. The number of nitrogens with one attached hydrogen (secondary N) is 1. The monoisotopic (exact) mass is 418 g/mol. The first-order chi connectivity index (χ1) is 15.1. The molecule has 1 aliphatic rings. The molecule has 0 spiro atoms. The van der Waals surface area contributed by atoms with E-state index in [1.807, 2.05) is 48.5 Å². The fourth-order valence-electron chi connectivity index (χ4n) is 3.11. The molecule has 0 aliphatic carbocycles. The van der Waals surface area contributed by atoms with E-state index in [1.54, 1.807) is 6.20 Å². The van der Waals surface area contributed by atoms with E-state index < -0.39 is 0 Å². The van der Waals surface area contributed by atoms with Crippen LogP contribution in [0.5, 0.6) is 23.1 Å². The number of pyridine rings is 1. The van der Waals surface area contributed by atoms with E-state index in [1.165, 1.54) is 11.1 Å². The molecule has 4 rings (SSSR count). The van der Waals surface area contributed by atoms with Gasteiger partial charge in [0.05, 0.1) is 19.8 Å². The van der Waals surface area contributed by atoms with Gasteiger partial charge in [0.25, 0.3) is 0 Å². The maximum absolute atomic E-state index is 6.07. The zero-order valence-electron chi connectivity index (χ0n) is 17.7. The van der Waals surface area contributed by atoms with Crippen LogP contribution in [0.4, 0.5) is 5.69 Å². The Morgan fingerprint density at radius 2 is 1.87 bits per heavy atom. The number of nitrogens with two attached hydrogens (primary N) is 1. The SMILES string of the molecule is Cc1ccc(Oc2cc(CN=C(N)Nc3ccc4c(c3)OCCCO4)ccn2)cc1C. The first-order valence-corrected chi connectivity index (χ1v) is 10.2. The number of aromatic nitrogens is 1. The van der Waals surface area contributed by atoms with Crippen LogP contribution < -0.4 is 25.3 Å². The lowest BCUT2D eigenvalue weighted by Gasteiger charge is -2.11. The minimum atomic E-state index is 0.308. The van der Waals surface area contributed by atoms with Gasteiger partial charge in [-0.2, -0.15) is 0 Å². The lowest BCUT2D eigenvalue weighted by molar-refractivity contribution is 0.297. The second-order valence-corrected chi connectivity index (χ2v) is 7.39. The molecular weight excluding hydrogens is 392 g/mol. The normalized spacial score (nSPS) is 13.4. The fraction of sp³-hybridized carbons (Fsp3) is 0.250. The van der Waals surface area contributed by atoms with Crippen molar-refractivity contribution in [2.45, 2.75) is 26.8 Å². The number of anilines is 1. The van der Waals surface area contributed by atoms with Gasteiger partial charge in [-0.25, -0.2) is 9.98 Å². The predicted molar refractivity (Wildman–Crippen MR) is 121 cm³/mol. The van der Waals surface area contributed by atoms with Gasteiger partial charge in [0.2, 0.25) is 5.88 Å². The van der Waals surface area contributed by atoms with Crippen molar-refractivity contribution in [3.8, 4) is 23.1 Å². The number of aliphatic imine (C=N–C) groups is 1. The van der Waals surface area contributed by atoms with Gasteiger partial charge in [-0.05, 0) is 60.9 Å². The van der Waals surface area contributed by atoms with Crippen LogP contribution in [0.2, 0.25) is 0 Å². The third-order valence-electron chi connectivity index (χ3n) is 4.95. The van der Waals surface area contributed by atoms with Crippen molar-refractivity contribution in [1.82, 2.24) is 4.98 Å². The summed E-state index contributed by atoms with van der Waals surface area (Å²) in [6.45, 7) is 5.81. The van der Waals surface area contributed by atoms with Crippen molar-refractivity contribution in [2.75, 3.05) is 18.5 Å². The summed E-state index contributed by atoms with van der Waals surface area (Å²) in [5, 5.41) is 3.09. The van der Waals surface area contributed by atoms with Crippen LogP contribution in [-0.2, 0) is 6.54 Å². The number of guanidine groups is 1. The minimum absolute atomic E-state index is 0.308. The van der Waals surface area contributed by atoms with Gasteiger partial charge in [0.15, 0.2) is 17.5 Å². The van der Waals surface area contributed by atoms with Crippen molar-refractivity contribution < 1.29 is 14.2 Å². The molecule has 3 N–H and O–H groups in total. The average molecular weight is 418 g/mol. The number of nitrogens with zero attached hydrogens (tertiary/aromatic N) is 2. The van der Waals surface area contributed by atoms with Crippen molar-refractivity contribution in [3.05, 3.63) is 71.4 Å². The van der Waals surface area contributed by atoms with Gasteiger partial charge in [-0.1, -0.05) is 6.07 Å². The van der Waals surface area contributed by atoms with Crippen molar-refractivity contribution in [3.63, 3.8) is 0 Å². The van der Waals surface area contributed by atoms with Gasteiger partial charge in [-0.3, -0.25) is 0 Å². The Kier molecular flexibility index (Phi) is 6.21. The molecule has 0 atom stereocenters. The lowest BCUT2D eigenvalue weighted by atomic mass is 10.1. The summed E-state index contributed by atoms with van der Waals surface area (Å²) < 4.78 is 17.2. The summed E-state index contributed by atoms with van der Waals surface area (Å²) in [5.74, 6) is 3.03. The third kappa shape index (κ3) is 5.45. The van der Waals surface area contributed by atoms with E-state index in [4.69, 9.17) is 19.9 Å². The molecule has 0 amide bonds. The molecule has 0 bridgehead atoms. The lowest BCUT2D eigenvalue weighted by Crippen LogP contribution is -2.22. The van der Waals surface area contributed by atoms with Crippen molar-refractivity contribution >= 4 is 11.6 Å². The Labute approximate surface area is 181 Å². The van der Waals surface area contributed by atoms with E-state index in [0.29, 0.717) is 37.3 Å². The molecule has 31 heavy (non-hydrogen) atoms. The highest BCUT2D eigenvalue weighted by atomic mass is 16.5. The van der Waals surface area contributed by atoms with Crippen LogP contribution in [0.15, 0.2) is 59.7 Å². The molecule has 7 nitrogen and oxygen atoms in total. The molecule has 0 saturated carbocycles. The molecule has 0 radical (unpaired) electrons. The standard InChI is InChI=1S/C24H26N4O3/c1-16-4-6-20(12-17(16)2)31-23-13-18(8-9-26-23)15-27-24(25)28-19-5-7-21-22(14-19)30-11-3-10-29-21/h4-9,12-14H,3,10-11,15H2,1-2H3,(H3,25,27,28). The molecule has 3 aromatic rings. The van der Waals surface area contributed by atoms with E-state index >= 15 is 0 Å². The molecule has 160 valence electrons. The van der Waals surface area contributed by atoms with Gasteiger partial charge in [0.1, 0.15) is 5.75 Å². The molecule has 0 unspecified atom stereocenters. The maximum Gasteiger partial charge on any atom is 0.219 e. The highest BCUT2D eigenvalue weighted by Crippen LogP contribution is 2.32. The van der Waals surface area contributed by atoms with E-state index in [0.717, 1.165) is 29.2 Å². The summed E-state index contributed by atoms with van der Waals surface area (Å²) in [6.07, 6.45) is 2.57. The zero-order valence-corrected chi connectivity index (χ0v) is 17.7. The molecule has 1 aromatic heterocycles. The van der Waals surface area contributed by atoms with Crippen molar-refractivity contribution in [1.29, 1.82) is 0 Å². The average Bonchev–Trinajstić information content (AvgIpc) is 3.00. The smallest absolute Gasteiger partial charge is 0.219 e. The van der Waals surface area contributed by atoms with E-state index in [2.05, 4.69) is 29.1 Å². The molecule has 2 aromatic carbocycles. The van der Waals surface area contributed by atoms with Crippen molar-refractivity contribution in [2.24, 2.45) is 10.7 Å². The quantitative estimate of drug-likeness (QED) is 0.466. The Morgan fingerprint density at radius 1 is 1.03 bits per heavy atom. The summed E-state index contributed by atoms with van der Waals surface area (Å²) in [6, 6.07) is 15.3. The Bertz CT molecular complexity index is 1100. The summed E-state index contributed by atoms with van der Waals surface area (Å²) in [4.78, 5) is 8.71. The number of ether oxygens (including phenoxy) is 3. The second-order valence-electron chi connectivity index (χ2n) is 7.39. The third-order valence-corrected chi connectivity index (χ3v) is 4.95. The highest BCUT2D eigenvalue weighted by molar-refractivity contribution is 5.92.